The summed E-state index contributed by atoms with van der Waals surface area (Å²) in [7, 11) is 3.60. The van der Waals surface area contributed by atoms with Crippen molar-refractivity contribution in [1.29, 1.82) is 0 Å². The van der Waals surface area contributed by atoms with Gasteiger partial charge in [-0.3, -0.25) is 9.69 Å². The van der Waals surface area contributed by atoms with Crippen molar-refractivity contribution in [1.82, 2.24) is 4.90 Å². The Kier molecular flexibility index (Phi) is 4.28. The van der Waals surface area contributed by atoms with Crippen molar-refractivity contribution in [3.8, 4) is 17.2 Å². The third-order valence-electron chi connectivity index (χ3n) is 5.09. The van der Waals surface area contributed by atoms with Crippen LogP contribution in [0.1, 0.15) is 33.9 Å². The lowest BCUT2D eigenvalue weighted by Gasteiger charge is -2.35. The number of halogens is 1. The van der Waals surface area contributed by atoms with Crippen LogP contribution in [0.15, 0.2) is 30.3 Å². The van der Waals surface area contributed by atoms with Crippen molar-refractivity contribution in [2.45, 2.75) is 18.9 Å². The fourth-order valence-corrected chi connectivity index (χ4v) is 3.71. The number of carbonyl (C=O) groups is 1. The molecule has 0 unspecified atom stereocenters. The first-order chi connectivity index (χ1) is 12.6. The van der Waals surface area contributed by atoms with Gasteiger partial charge in [-0.1, -0.05) is 0 Å². The topological polar surface area (TPSA) is 48.0 Å². The lowest BCUT2D eigenvalue weighted by Crippen LogP contribution is -2.34. The highest BCUT2D eigenvalue weighted by molar-refractivity contribution is 5.96. The number of methoxy groups -OCH3 is 1. The second kappa shape index (κ2) is 6.61. The summed E-state index contributed by atoms with van der Waals surface area (Å²) >= 11 is 0. The second-order valence-corrected chi connectivity index (χ2v) is 6.60. The summed E-state index contributed by atoms with van der Waals surface area (Å²) < 4.78 is 29.9. The molecule has 136 valence electrons. The predicted octanol–water partition coefficient (Wildman–Crippen LogP) is 3.37. The molecule has 0 spiro atoms. The maximum atomic E-state index is 13.1. The Hall–Kier alpha value is -2.60. The van der Waals surface area contributed by atoms with Gasteiger partial charge in [0.2, 0.25) is 12.5 Å². The molecule has 6 heteroatoms. The molecule has 2 aliphatic rings. The van der Waals surface area contributed by atoms with Crippen molar-refractivity contribution in [2.75, 3.05) is 27.5 Å². The summed E-state index contributed by atoms with van der Waals surface area (Å²) in [6.07, 6.45) is 1.13. The first-order valence-electron chi connectivity index (χ1n) is 8.57. The largest absolute Gasteiger partial charge is 0.492 e. The first kappa shape index (κ1) is 16.8. The van der Waals surface area contributed by atoms with Gasteiger partial charge in [0.25, 0.3) is 0 Å². The van der Waals surface area contributed by atoms with Crippen LogP contribution in [0.2, 0.25) is 0 Å². The van der Waals surface area contributed by atoms with Crippen LogP contribution in [0.5, 0.6) is 17.2 Å². The third kappa shape index (κ3) is 2.80. The van der Waals surface area contributed by atoms with Crippen LogP contribution in [-0.2, 0) is 6.42 Å². The van der Waals surface area contributed by atoms with Gasteiger partial charge in [-0.15, -0.1) is 0 Å². The Morgan fingerprint density at radius 2 is 2.08 bits per heavy atom. The number of carbonyl (C=O) groups excluding carboxylic acids is 1. The monoisotopic (exact) mass is 357 g/mol. The van der Waals surface area contributed by atoms with Crippen molar-refractivity contribution < 1.29 is 23.4 Å². The molecule has 0 saturated heterocycles. The molecule has 0 aromatic heterocycles. The number of nitrogens with zero attached hydrogens (tertiary/aromatic N) is 1. The van der Waals surface area contributed by atoms with Crippen molar-refractivity contribution in [3.05, 3.63) is 52.8 Å². The zero-order chi connectivity index (χ0) is 18.3. The van der Waals surface area contributed by atoms with E-state index in [4.69, 9.17) is 14.2 Å². The van der Waals surface area contributed by atoms with Crippen molar-refractivity contribution >= 4 is 5.78 Å². The van der Waals surface area contributed by atoms with Crippen molar-refractivity contribution in [2.24, 2.45) is 0 Å². The Balaban J connectivity index is 1.71. The SMILES string of the molecule is COc1c2c(cc3c1[C@H](CC(=O)c1ccc(F)cc1)N(C)CC3)OCO2. The van der Waals surface area contributed by atoms with Gasteiger partial charge in [0.05, 0.1) is 7.11 Å². The number of hydrogen-bond donors (Lipinski definition) is 0. The summed E-state index contributed by atoms with van der Waals surface area (Å²) in [5.41, 5.74) is 2.59. The van der Waals surface area contributed by atoms with Gasteiger partial charge in [0.1, 0.15) is 5.82 Å². The number of fused-ring (bicyclic) bond motifs is 2. The molecule has 0 radical (unpaired) electrons. The molecule has 2 aliphatic heterocycles. The molecule has 0 saturated carbocycles. The first-order valence-corrected chi connectivity index (χ1v) is 8.57. The molecule has 4 rings (SSSR count). The number of rotatable bonds is 4. The number of Topliss-reactive ketones (excluding diaryl/α,β-unsaturated/α-hetero) is 1. The quantitative estimate of drug-likeness (QED) is 0.786. The summed E-state index contributed by atoms with van der Waals surface area (Å²) in [5.74, 6) is 1.54. The molecule has 0 fully saturated rings. The zero-order valence-electron chi connectivity index (χ0n) is 14.8. The molecule has 0 aliphatic carbocycles. The molecular formula is C20H20FNO4. The standard InChI is InChI=1S/C20H20FNO4/c1-22-8-7-13-9-17-19(26-11-25-17)20(24-2)18(13)15(22)10-16(23)12-3-5-14(21)6-4-12/h3-6,9,15H,7-8,10-11H2,1-2H3/t15-/m0/s1. The zero-order valence-corrected chi connectivity index (χ0v) is 14.8. The molecule has 0 bridgehead atoms. The highest BCUT2D eigenvalue weighted by Gasteiger charge is 2.35. The fourth-order valence-electron chi connectivity index (χ4n) is 3.71. The summed E-state index contributed by atoms with van der Waals surface area (Å²) in [6.45, 7) is 1.00. The number of benzene rings is 2. The molecular weight excluding hydrogens is 337 g/mol. The van der Waals surface area contributed by atoms with Gasteiger partial charge < -0.3 is 14.2 Å². The smallest absolute Gasteiger partial charge is 0.231 e. The fraction of sp³-hybridized carbons (Fsp3) is 0.350. The van der Waals surface area contributed by atoms with Crippen LogP contribution in [-0.4, -0.2) is 38.2 Å². The lowest BCUT2D eigenvalue weighted by molar-refractivity contribution is 0.0925. The van der Waals surface area contributed by atoms with E-state index < -0.39 is 0 Å². The molecule has 2 aromatic carbocycles. The molecule has 1 atom stereocenters. The number of ketones is 1. The summed E-state index contributed by atoms with van der Waals surface area (Å²) in [5, 5.41) is 0. The molecule has 0 N–H and O–H groups in total. The third-order valence-corrected chi connectivity index (χ3v) is 5.09. The van der Waals surface area contributed by atoms with E-state index in [1.54, 1.807) is 7.11 Å². The molecule has 5 nitrogen and oxygen atoms in total. The van der Waals surface area contributed by atoms with Crippen LogP contribution in [0.25, 0.3) is 0 Å². The van der Waals surface area contributed by atoms with Crippen molar-refractivity contribution in [3.63, 3.8) is 0 Å². The summed E-state index contributed by atoms with van der Waals surface area (Å²) in [6, 6.07) is 7.52. The van der Waals surface area contributed by atoms with Gasteiger partial charge in [-0.05, 0) is 49.4 Å². The molecule has 26 heavy (non-hydrogen) atoms. The van der Waals surface area contributed by atoms with E-state index in [0.29, 0.717) is 22.8 Å². The Morgan fingerprint density at radius 1 is 1.31 bits per heavy atom. The van der Waals surface area contributed by atoms with Gasteiger partial charge in [0.15, 0.2) is 17.3 Å². The van der Waals surface area contributed by atoms with Crippen LogP contribution in [0.4, 0.5) is 4.39 Å². The predicted molar refractivity (Wildman–Crippen MR) is 93.5 cm³/mol. The Bertz CT molecular complexity index is 850. The van der Waals surface area contributed by atoms with E-state index in [0.717, 1.165) is 24.1 Å². The minimum atomic E-state index is -0.351. The average molecular weight is 357 g/mol. The number of likely N-dealkylation sites (N-methyl/N-ethyl adjacent to an activating group) is 1. The number of ether oxygens (including phenoxy) is 3. The molecule has 2 aromatic rings. The Morgan fingerprint density at radius 3 is 2.81 bits per heavy atom. The van der Waals surface area contributed by atoms with Gasteiger partial charge in [-0.25, -0.2) is 4.39 Å². The minimum Gasteiger partial charge on any atom is -0.492 e. The minimum absolute atomic E-state index is 0.0329. The van der Waals surface area contributed by atoms with E-state index in [-0.39, 0.29) is 30.9 Å². The Labute approximate surface area is 151 Å². The van der Waals surface area contributed by atoms with E-state index in [1.165, 1.54) is 24.3 Å². The van der Waals surface area contributed by atoms with E-state index in [1.807, 2.05) is 13.1 Å². The van der Waals surface area contributed by atoms with Crippen LogP contribution >= 0.6 is 0 Å². The van der Waals surface area contributed by atoms with Gasteiger partial charge in [0, 0.05) is 30.1 Å². The van der Waals surface area contributed by atoms with Crippen LogP contribution in [0, 0.1) is 5.82 Å². The van der Waals surface area contributed by atoms with E-state index in [9.17, 15) is 9.18 Å². The normalized spacial score (nSPS) is 18.5. The van der Waals surface area contributed by atoms with E-state index >= 15 is 0 Å². The van der Waals surface area contributed by atoms with E-state index in [2.05, 4.69) is 4.90 Å². The molecule has 0 amide bonds. The average Bonchev–Trinajstić information content (AvgIpc) is 3.11. The maximum absolute atomic E-state index is 13.1. The highest BCUT2D eigenvalue weighted by Crippen LogP contribution is 2.50. The lowest BCUT2D eigenvalue weighted by atomic mass is 9.87. The van der Waals surface area contributed by atoms with Gasteiger partial charge in [-0.2, -0.15) is 0 Å². The number of hydrogen-bond acceptors (Lipinski definition) is 5. The second-order valence-electron chi connectivity index (χ2n) is 6.60. The summed E-state index contributed by atoms with van der Waals surface area (Å²) in [4.78, 5) is 14.9. The molecule has 2 heterocycles. The highest BCUT2D eigenvalue weighted by atomic mass is 19.1. The van der Waals surface area contributed by atoms with Crippen LogP contribution < -0.4 is 14.2 Å². The van der Waals surface area contributed by atoms with Crippen LogP contribution in [0.3, 0.4) is 0 Å². The maximum Gasteiger partial charge on any atom is 0.231 e. The van der Waals surface area contributed by atoms with Gasteiger partial charge >= 0.3 is 0 Å².